The molecule has 0 fully saturated rings. The Hall–Kier alpha value is -2.59. The van der Waals surface area contributed by atoms with E-state index in [9.17, 15) is 4.39 Å². The molecule has 0 saturated heterocycles. The number of anilines is 1. The van der Waals surface area contributed by atoms with E-state index in [2.05, 4.69) is 30.1 Å². The van der Waals surface area contributed by atoms with Crippen molar-refractivity contribution >= 4 is 16.5 Å². The molecule has 1 unspecified atom stereocenters. The zero-order valence-corrected chi connectivity index (χ0v) is 14.6. The average Bonchev–Trinajstić information content (AvgIpc) is 2.65. The summed E-state index contributed by atoms with van der Waals surface area (Å²) < 4.78 is 18.5. The maximum atomic E-state index is 13.0. The van der Waals surface area contributed by atoms with Gasteiger partial charge in [0.25, 0.3) is 0 Å². The molecule has 0 saturated carbocycles. The Bertz CT molecular complexity index is 848. The first-order valence-corrected chi connectivity index (χ1v) is 8.38. The fourth-order valence-electron chi connectivity index (χ4n) is 3.10. The molecule has 3 rings (SSSR count). The number of ether oxygens (including phenoxy) is 1. The second kappa shape index (κ2) is 7.53. The first kappa shape index (κ1) is 17.2. The average molecular weight is 338 g/mol. The van der Waals surface area contributed by atoms with Crippen LogP contribution < -0.4 is 15.4 Å². The standard InChI is InChI=1S/C21H23FN2O/c1-24(14-13-19(23)15-7-9-16(22)10-8-15)20-11-12-21(25-2)18-6-4-3-5-17(18)20/h3-12,19H,13-14,23H2,1-2H3. The molecule has 0 spiro atoms. The molecule has 130 valence electrons. The molecule has 1 atom stereocenters. The lowest BCUT2D eigenvalue weighted by atomic mass is 10.0. The van der Waals surface area contributed by atoms with Crippen LogP contribution in [0.4, 0.5) is 10.1 Å². The zero-order chi connectivity index (χ0) is 17.8. The van der Waals surface area contributed by atoms with Crippen LogP contribution in [-0.2, 0) is 0 Å². The van der Waals surface area contributed by atoms with E-state index in [0.29, 0.717) is 0 Å². The van der Waals surface area contributed by atoms with Gasteiger partial charge in [0.2, 0.25) is 0 Å². The van der Waals surface area contributed by atoms with Gasteiger partial charge in [-0.3, -0.25) is 0 Å². The topological polar surface area (TPSA) is 38.5 Å². The summed E-state index contributed by atoms with van der Waals surface area (Å²) in [5, 5.41) is 2.25. The van der Waals surface area contributed by atoms with Crippen molar-refractivity contribution in [1.29, 1.82) is 0 Å². The number of nitrogens with two attached hydrogens (primary N) is 1. The molecule has 2 N–H and O–H groups in total. The molecule has 0 aromatic heterocycles. The van der Waals surface area contributed by atoms with Gasteiger partial charge in [0, 0.05) is 36.1 Å². The lowest BCUT2D eigenvalue weighted by Gasteiger charge is -2.24. The van der Waals surface area contributed by atoms with Crippen molar-refractivity contribution in [2.24, 2.45) is 5.73 Å². The summed E-state index contributed by atoms with van der Waals surface area (Å²) in [5.74, 6) is 0.633. The molecule has 0 aliphatic carbocycles. The monoisotopic (exact) mass is 338 g/mol. The van der Waals surface area contributed by atoms with Crippen LogP contribution in [-0.4, -0.2) is 20.7 Å². The summed E-state index contributed by atoms with van der Waals surface area (Å²) in [6.45, 7) is 0.800. The third kappa shape index (κ3) is 3.74. The summed E-state index contributed by atoms with van der Waals surface area (Å²) in [7, 11) is 3.75. The minimum Gasteiger partial charge on any atom is -0.496 e. The number of methoxy groups -OCH3 is 1. The van der Waals surface area contributed by atoms with E-state index in [1.54, 1.807) is 19.2 Å². The zero-order valence-electron chi connectivity index (χ0n) is 14.6. The molecule has 4 heteroatoms. The molecule has 3 aromatic carbocycles. The molecular weight excluding hydrogens is 315 g/mol. The summed E-state index contributed by atoms with van der Waals surface area (Å²) in [5.41, 5.74) is 8.36. The smallest absolute Gasteiger partial charge is 0.126 e. The Balaban J connectivity index is 1.76. The van der Waals surface area contributed by atoms with Gasteiger partial charge in [-0.2, -0.15) is 0 Å². The highest BCUT2D eigenvalue weighted by molar-refractivity contribution is 5.98. The first-order valence-electron chi connectivity index (χ1n) is 8.38. The number of halogens is 1. The van der Waals surface area contributed by atoms with Gasteiger partial charge in [0.05, 0.1) is 7.11 Å². The van der Waals surface area contributed by atoms with Crippen LogP contribution in [0.25, 0.3) is 10.8 Å². The van der Waals surface area contributed by atoms with E-state index in [4.69, 9.17) is 10.5 Å². The first-order chi connectivity index (χ1) is 12.1. The summed E-state index contributed by atoms with van der Waals surface area (Å²) in [6.07, 6.45) is 0.780. The van der Waals surface area contributed by atoms with E-state index in [-0.39, 0.29) is 11.9 Å². The van der Waals surface area contributed by atoms with E-state index >= 15 is 0 Å². The Labute approximate surface area is 147 Å². The third-order valence-corrected chi connectivity index (χ3v) is 4.57. The van der Waals surface area contributed by atoms with E-state index in [1.165, 1.54) is 12.1 Å². The predicted octanol–water partition coefficient (Wildman–Crippen LogP) is 4.51. The quantitative estimate of drug-likeness (QED) is 0.718. The van der Waals surface area contributed by atoms with E-state index < -0.39 is 0 Å². The Morgan fingerprint density at radius 2 is 1.68 bits per heavy atom. The lowest BCUT2D eigenvalue weighted by molar-refractivity contribution is 0.420. The van der Waals surface area contributed by atoms with Gasteiger partial charge < -0.3 is 15.4 Å². The third-order valence-electron chi connectivity index (χ3n) is 4.57. The summed E-state index contributed by atoms with van der Waals surface area (Å²) in [6, 6.07) is 18.6. The van der Waals surface area contributed by atoms with Crippen LogP contribution in [0.1, 0.15) is 18.0 Å². The minimum atomic E-state index is -0.238. The number of nitrogens with zero attached hydrogens (tertiary/aromatic N) is 1. The van der Waals surface area contributed by atoms with Crippen molar-refractivity contribution in [1.82, 2.24) is 0 Å². The van der Waals surface area contributed by atoms with Crippen molar-refractivity contribution in [3.8, 4) is 5.75 Å². The molecule has 0 amide bonds. The molecular formula is C21H23FN2O. The number of hydrogen-bond acceptors (Lipinski definition) is 3. The van der Waals surface area contributed by atoms with Crippen molar-refractivity contribution in [3.63, 3.8) is 0 Å². The van der Waals surface area contributed by atoms with Crippen LogP contribution >= 0.6 is 0 Å². The van der Waals surface area contributed by atoms with Crippen molar-refractivity contribution in [2.45, 2.75) is 12.5 Å². The molecule has 0 radical (unpaired) electrons. The molecule has 0 aliphatic heterocycles. The highest BCUT2D eigenvalue weighted by atomic mass is 19.1. The van der Waals surface area contributed by atoms with Crippen LogP contribution in [0.3, 0.4) is 0 Å². The number of benzene rings is 3. The van der Waals surface area contributed by atoms with Crippen LogP contribution in [0.15, 0.2) is 60.7 Å². The van der Waals surface area contributed by atoms with Crippen LogP contribution in [0, 0.1) is 5.82 Å². The van der Waals surface area contributed by atoms with Crippen molar-refractivity contribution < 1.29 is 9.13 Å². The molecule has 3 nitrogen and oxygen atoms in total. The summed E-state index contributed by atoms with van der Waals surface area (Å²) >= 11 is 0. The summed E-state index contributed by atoms with van der Waals surface area (Å²) in [4.78, 5) is 2.20. The Morgan fingerprint density at radius 1 is 1.00 bits per heavy atom. The SMILES string of the molecule is COc1ccc(N(C)CCC(N)c2ccc(F)cc2)c2ccccc12. The highest BCUT2D eigenvalue weighted by Crippen LogP contribution is 2.33. The second-order valence-electron chi connectivity index (χ2n) is 6.20. The predicted molar refractivity (Wildman–Crippen MR) is 102 cm³/mol. The van der Waals surface area contributed by atoms with Crippen LogP contribution in [0.2, 0.25) is 0 Å². The van der Waals surface area contributed by atoms with Gasteiger partial charge in [-0.25, -0.2) is 4.39 Å². The second-order valence-corrected chi connectivity index (χ2v) is 6.20. The lowest BCUT2D eigenvalue weighted by Crippen LogP contribution is -2.23. The molecule has 0 aliphatic rings. The number of hydrogen-bond donors (Lipinski definition) is 1. The van der Waals surface area contributed by atoms with Gasteiger partial charge in [0.15, 0.2) is 0 Å². The van der Waals surface area contributed by atoms with E-state index in [0.717, 1.165) is 40.7 Å². The van der Waals surface area contributed by atoms with Crippen molar-refractivity contribution in [3.05, 3.63) is 72.0 Å². The van der Waals surface area contributed by atoms with Gasteiger partial charge >= 0.3 is 0 Å². The minimum absolute atomic E-state index is 0.118. The van der Waals surface area contributed by atoms with Crippen LogP contribution in [0.5, 0.6) is 5.75 Å². The maximum absolute atomic E-state index is 13.0. The number of fused-ring (bicyclic) bond motifs is 1. The molecule has 0 heterocycles. The van der Waals surface area contributed by atoms with Gasteiger partial charge in [-0.15, -0.1) is 0 Å². The Kier molecular flexibility index (Phi) is 5.19. The fraction of sp³-hybridized carbons (Fsp3) is 0.238. The van der Waals surface area contributed by atoms with Crippen molar-refractivity contribution in [2.75, 3.05) is 25.6 Å². The largest absolute Gasteiger partial charge is 0.496 e. The van der Waals surface area contributed by atoms with Gasteiger partial charge in [-0.05, 0) is 36.2 Å². The molecule has 3 aromatic rings. The fourth-order valence-corrected chi connectivity index (χ4v) is 3.10. The molecule has 25 heavy (non-hydrogen) atoms. The number of rotatable bonds is 6. The normalized spacial score (nSPS) is 12.2. The van der Waals surface area contributed by atoms with E-state index in [1.807, 2.05) is 18.2 Å². The Morgan fingerprint density at radius 3 is 2.36 bits per heavy atom. The maximum Gasteiger partial charge on any atom is 0.126 e. The molecule has 0 bridgehead atoms. The van der Waals surface area contributed by atoms with Gasteiger partial charge in [-0.1, -0.05) is 36.4 Å². The van der Waals surface area contributed by atoms with Gasteiger partial charge in [0.1, 0.15) is 11.6 Å². The highest BCUT2D eigenvalue weighted by Gasteiger charge is 2.12.